The van der Waals surface area contributed by atoms with Crippen molar-refractivity contribution >= 4 is 34.3 Å². The van der Waals surface area contributed by atoms with Crippen molar-refractivity contribution in [3.63, 3.8) is 0 Å². The summed E-state index contributed by atoms with van der Waals surface area (Å²) < 4.78 is 9.25. The predicted octanol–water partition coefficient (Wildman–Crippen LogP) is 4.66. The van der Waals surface area contributed by atoms with E-state index in [0.717, 1.165) is 37.3 Å². The van der Waals surface area contributed by atoms with E-state index < -0.39 is 0 Å². The zero-order valence-electron chi connectivity index (χ0n) is 24.5. The maximum Gasteiger partial charge on any atom is 0.278 e. The fourth-order valence-electron chi connectivity index (χ4n) is 6.85. The van der Waals surface area contributed by atoms with Gasteiger partial charge < -0.3 is 15.0 Å². The number of nitrogens with one attached hydrogen (secondary N) is 1. The van der Waals surface area contributed by atoms with Crippen LogP contribution in [0.3, 0.4) is 0 Å². The molecule has 0 saturated heterocycles. The third-order valence-electron chi connectivity index (χ3n) is 9.40. The van der Waals surface area contributed by atoms with Crippen LogP contribution in [0.15, 0.2) is 59.5 Å². The lowest BCUT2D eigenvalue weighted by molar-refractivity contribution is -0.121. The van der Waals surface area contributed by atoms with E-state index in [9.17, 15) is 9.59 Å². The molecule has 0 radical (unpaired) electrons. The number of anilines is 3. The molecule has 1 N–H and O–H groups in total. The molecule has 0 unspecified atom stereocenters. The Balaban J connectivity index is 1.21. The van der Waals surface area contributed by atoms with Crippen molar-refractivity contribution in [2.75, 3.05) is 29.9 Å². The molecule has 2 bridgehead atoms. The van der Waals surface area contributed by atoms with Crippen LogP contribution in [-0.4, -0.2) is 55.9 Å². The second kappa shape index (κ2) is 9.80. The first kappa shape index (κ1) is 26.2. The second-order valence-corrected chi connectivity index (χ2v) is 12.5. The Bertz CT molecular complexity index is 1870. The van der Waals surface area contributed by atoms with Crippen LogP contribution in [0.25, 0.3) is 16.7 Å². The number of allylic oxidation sites excluding steroid dienone is 2. The lowest BCUT2D eigenvalue weighted by Gasteiger charge is -2.37. The number of carbonyl (C=O) groups excluding carboxylic acids is 1. The molecule has 220 valence electrons. The van der Waals surface area contributed by atoms with Gasteiger partial charge in [0.2, 0.25) is 5.95 Å². The molecule has 3 aliphatic heterocycles. The van der Waals surface area contributed by atoms with Crippen molar-refractivity contribution in [2.24, 2.45) is 0 Å². The summed E-state index contributed by atoms with van der Waals surface area (Å²) in [5.41, 5.74) is 5.81. The molecule has 1 amide bonds. The summed E-state index contributed by atoms with van der Waals surface area (Å²) in [5.74, 6) is 1.03. The van der Waals surface area contributed by atoms with E-state index in [-0.39, 0.29) is 23.5 Å². The van der Waals surface area contributed by atoms with Crippen molar-refractivity contribution in [1.82, 2.24) is 24.2 Å². The molecule has 10 heteroatoms. The highest BCUT2D eigenvalue weighted by Crippen LogP contribution is 2.53. The summed E-state index contributed by atoms with van der Waals surface area (Å²) in [4.78, 5) is 40.2. The minimum absolute atomic E-state index is 0.0292. The number of amides is 1. The van der Waals surface area contributed by atoms with Crippen molar-refractivity contribution in [1.29, 1.82) is 0 Å². The Morgan fingerprint density at radius 2 is 1.95 bits per heavy atom. The van der Waals surface area contributed by atoms with Crippen molar-refractivity contribution < 1.29 is 9.53 Å². The zero-order chi connectivity index (χ0) is 29.3. The number of fused-ring (bicyclic) bond motifs is 7. The Hall–Kier alpha value is -4.44. The highest BCUT2D eigenvalue weighted by molar-refractivity contribution is 5.98. The van der Waals surface area contributed by atoms with Gasteiger partial charge in [-0.05, 0) is 81.0 Å². The van der Waals surface area contributed by atoms with Gasteiger partial charge in [-0.2, -0.15) is 4.98 Å². The number of rotatable bonds is 3. The number of nitrogens with zero attached hydrogens (tertiary/aromatic N) is 6. The van der Waals surface area contributed by atoms with Gasteiger partial charge in [0, 0.05) is 43.0 Å². The minimum Gasteiger partial charge on any atom is -0.482 e. The molecule has 10 nitrogen and oxygen atoms in total. The van der Waals surface area contributed by atoms with Gasteiger partial charge in [-0.25, -0.2) is 14.3 Å². The number of ether oxygens (including phenoxy) is 1. The average Bonchev–Trinajstić information content (AvgIpc) is 3.72. The van der Waals surface area contributed by atoms with Crippen LogP contribution < -0.4 is 20.5 Å². The molecular formula is C33H35N7O3. The molecule has 8 rings (SSSR count). The van der Waals surface area contributed by atoms with Gasteiger partial charge in [-0.15, -0.1) is 0 Å². The maximum absolute atomic E-state index is 13.6. The molecule has 1 aliphatic carbocycles. The summed E-state index contributed by atoms with van der Waals surface area (Å²) >= 11 is 0. The Morgan fingerprint density at radius 1 is 1.07 bits per heavy atom. The highest BCUT2D eigenvalue weighted by Gasteiger charge is 2.49. The molecule has 43 heavy (non-hydrogen) atoms. The van der Waals surface area contributed by atoms with Crippen LogP contribution in [0, 0.1) is 0 Å². The van der Waals surface area contributed by atoms with E-state index in [4.69, 9.17) is 9.72 Å². The second-order valence-electron chi connectivity index (χ2n) is 12.5. The fourth-order valence-corrected chi connectivity index (χ4v) is 6.85. The quantitative estimate of drug-likeness (QED) is 0.354. The maximum atomic E-state index is 13.6. The van der Waals surface area contributed by atoms with Crippen LogP contribution in [-0.2, 0) is 23.3 Å². The first-order valence-corrected chi connectivity index (χ1v) is 15.3. The number of benzene rings is 2. The molecule has 2 aromatic carbocycles. The first-order valence-electron chi connectivity index (χ1n) is 15.3. The highest BCUT2D eigenvalue weighted by atomic mass is 16.5. The molecule has 2 aromatic heterocycles. The van der Waals surface area contributed by atoms with E-state index in [2.05, 4.69) is 53.3 Å². The molecule has 1 saturated carbocycles. The van der Waals surface area contributed by atoms with Gasteiger partial charge in [0.05, 0.1) is 17.9 Å². The van der Waals surface area contributed by atoms with Gasteiger partial charge in [0.25, 0.3) is 11.5 Å². The molecule has 1 fully saturated rings. The van der Waals surface area contributed by atoms with Gasteiger partial charge in [0.1, 0.15) is 11.1 Å². The van der Waals surface area contributed by atoms with E-state index in [1.54, 1.807) is 15.8 Å². The van der Waals surface area contributed by atoms with Gasteiger partial charge in [-0.3, -0.25) is 14.5 Å². The molecule has 5 heterocycles. The van der Waals surface area contributed by atoms with Crippen LogP contribution >= 0.6 is 0 Å². The number of aromatic nitrogens is 4. The van der Waals surface area contributed by atoms with Crippen LogP contribution in [0.4, 0.5) is 17.3 Å². The molecular weight excluding hydrogens is 542 g/mol. The monoisotopic (exact) mass is 577 g/mol. The third-order valence-corrected chi connectivity index (χ3v) is 9.40. The zero-order valence-corrected chi connectivity index (χ0v) is 24.5. The Morgan fingerprint density at radius 3 is 2.79 bits per heavy atom. The van der Waals surface area contributed by atoms with Crippen molar-refractivity contribution in [2.45, 2.75) is 64.1 Å². The van der Waals surface area contributed by atoms with Crippen molar-refractivity contribution in [3.05, 3.63) is 76.2 Å². The summed E-state index contributed by atoms with van der Waals surface area (Å²) in [5, 5.41) is 3.87. The summed E-state index contributed by atoms with van der Waals surface area (Å²) in [7, 11) is 0. The van der Waals surface area contributed by atoms with Crippen molar-refractivity contribution in [3.8, 4) is 11.4 Å². The van der Waals surface area contributed by atoms with Gasteiger partial charge in [0.15, 0.2) is 12.3 Å². The molecule has 4 aliphatic rings. The van der Waals surface area contributed by atoms with E-state index in [1.807, 2.05) is 29.0 Å². The first-order chi connectivity index (χ1) is 20.9. The fraction of sp³-hybridized carbons (Fsp3) is 0.394. The predicted molar refractivity (Wildman–Crippen MR) is 166 cm³/mol. The SMILES string of the molecule is CC(C)N1Cc2ccc(Nc3ncc4c(=O)n5n(c4n3)-c3ccc4c(c3)N(CCCC=CC5)C(=O)CO4)cc2C2(CC2)C1. The topological polar surface area (TPSA) is 97.5 Å². The minimum atomic E-state index is -0.163. The summed E-state index contributed by atoms with van der Waals surface area (Å²) in [6.45, 7) is 7.66. The number of hydrogen-bond donors (Lipinski definition) is 1. The van der Waals surface area contributed by atoms with Gasteiger partial charge >= 0.3 is 0 Å². The lowest BCUT2D eigenvalue weighted by atomic mass is 9.86. The summed E-state index contributed by atoms with van der Waals surface area (Å²) in [6.07, 6.45) is 9.75. The lowest BCUT2D eigenvalue weighted by Crippen LogP contribution is -2.41. The number of hydrogen-bond acceptors (Lipinski definition) is 7. The molecule has 0 atom stereocenters. The summed E-state index contributed by atoms with van der Waals surface area (Å²) in [6, 6.07) is 12.8. The smallest absolute Gasteiger partial charge is 0.278 e. The average molecular weight is 578 g/mol. The van der Waals surface area contributed by atoms with Crippen LogP contribution in [0.2, 0.25) is 0 Å². The standard InChI is InChI=1S/C33H35N7O3/c1-21(2)37-18-22-7-8-23(15-26(22)33(20-37)11-12-33)35-32-34-17-25-30(36-32)40-24-9-10-28-27(16-24)38(29(41)19-43-28)13-5-3-4-6-14-39(40)31(25)42/h4,6-10,15-17,21H,3,5,11-14,18-20H2,1-2H3,(H,34,35,36). The Kier molecular flexibility index (Phi) is 5.98. The van der Waals surface area contributed by atoms with E-state index in [1.165, 1.54) is 24.0 Å². The van der Waals surface area contributed by atoms with Gasteiger partial charge in [-0.1, -0.05) is 18.2 Å². The van der Waals surface area contributed by atoms with Crippen LogP contribution in [0.5, 0.6) is 5.75 Å². The largest absolute Gasteiger partial charge is 0.482 e. The Labute approximate surface area is 249 Å². The third kappa shape index (κ3) is 4.34. The van der Waals surface area contributed by atoms with E-state index >= 15 is 0 Å². The molecule has 1 spiro atoms. The van der Waals surface area contributed by atoms with Crippen LogP contribution in [0.1, 0.15) is 50.7 Å². The normalized spacial score (nSPS) is 19.0. The van der Waals surface area contributed by atoms with E-state index in [0.29, 0.717) is 47.5 Å². The molecule has 4 aromatic rings. The number of carbonyl (C=O) groups is 1.